The Hall–Kier alpha value is -2.26. The molecule has 1 aliphatic heterocycles. The topological polar surface area (TPSA) is 65.8 Å². The summed E-state index contributed by atoms with van der Waals surface area (Å²) < 4.78 is 10.6. The third-order valence-electron chi connectivity index (χ3n) is 3.46. The maximum absolute atomic E-state index is 12.1. The van der Waals surface area contributed by atoms with Crippen molar-refractivity contribution in [2.75, 3.05) is 46.9 Å². The second kappa shape index (κ2) is 6.95. The van der Waals surface area contributed by atoms with Crippen molar-refractivity contribution in [3.8, 4) is 17.6 Å². The maximum atomic E-state index is 12.1. The van der Waals surface area contributed by atoms with Crippen molar-refractivity contribution in [3.05, 3.63) is 23.8 Å². The van der Waals surface area contributed by atoms with Gasteiger partial charge in [0, 0.05) is 32.2 Å². The third kappa shape index (κ3) is 4.10. The van der Waals surface area contributed by atoms with Crippen LogP contribution in [-0.4, -0.2) is 62.7 Å². The molecular weight excluding hydrogens is 270 g/mol. The summed E-state index contributed by atoms with van der Waals surface area (Å²) in [5.41, 5.74) is 0.441. The number of hydrogen-bond acceptors (Lipinski definition) is 5. The van der Waals surface area contributed by atoms with Gasteiger partial charge in [-0.3, -0.25) is 4.79 Å². The number of likely N-dealkylation sites (N-methyl/N-ethyl adjacent to an activating group) is 1. The van der Waals surface area contributed by atoms with Crippen molar-refractivity contribution in [2.24, 2.45) is 0 Å². The molecule has 1 aromatic rings. The summed E-state index contributed by atoms with van der Waals surface area (Å²) in [5, 5.41) is 8.95. The molecule has 21 heavy (non-hydrogen) atoms. The highest BCUT2D eigenvalue weighted by Gasteiger charge is 2.19. The lowest BCUT2D eigenvalue weighted by Gasteiger charge is -2.32. The molecule has 1 fully saturated rings. The average Bonchev–Trinajstić information content (AvgIpc) is 2.52. The summed E-state index contributed by atoms with van der Waals surface area (Å²) >= 11 is 0. The molecule has 1 heterocycles. The second-order valence-electron chi connectivity index (χ2n) is 4.98. The highest BCUT2D eigenvalue weighted by molar-refractivity contribution is 5.78. The quantitative estimate of drug-likeness (QED) is 0.817. The fraction of sp³-hybridized carbons (Fsp3) is 0.467. The first-order chi connectivity index (χ1) is 10.1. The van der Waals surface area contributed by atoms with Gasteiger partial charge in [0.2, 0.25) is 0 Å². The van der Waals surface area contributed by atoms with Crippen LogP contribution in [0.4, 0.5) is 0 Å². The molecule has 6 nitrogen and oxygen atoms in total. The van der Waals surface area contributed by atoms with E-state index in [0.717, 1.165) is 26.2 Å². The van der Waals surface area contributed by atoms with Crippen LogP contribution in [0.15, 0.2) is 18.2 Å². The molecule has 0 aromatic heterocycles. The van der Waals surface area contributed by atoms with Gasteiger partial charge in [-0.15, -0.1) is 0 Å². The summed E-state index contributed by atoms with van der Waals surface area (Å²) in [4.78, 5) is 16.1. The van der Waals surface area contributed by atoms with Crippen LogP contribution < -0.4 is 9.47 Å². The molecule has 112 valence electrons. The van der Waals surface area contributed by atoms with Crippen LogP contribution >= 0.6 is 0 Å². The highest BCUT2D eigenvalue weighted by atomic mass is 16.5. The lowest BCUT2D eigenvalue weighted by molar-refractivity contribution is -0.134. The lowest BCUT2D eigenvalue weighted by atomic mass is 10.2. The Kier molecular flexibility index (Phi) is 5.01. The first-order valence-electron chi connectivity index (χ1n) is 6.80. The zero-order valence-electron chi connectivity index (χ0n) is 12.3. The van der Waals surface area contributed by atoms with Gasteiger partial charge < -0.3 is 19.3 Å². The monoisotopic (exact) mass is 289 g/mol. The largest absolute Gasteiger partial charge is 0.497 e. The molecule has 1 aromatic carbocycles. The van der Waals surface area contributed by atoms with E-state index in [1.54, 1.807) is 23.1 Å². The van der Waals surface area contributed by atoms with Gasteiger partial charge in [-0.1, -0.05) is 0 Å². The standard InChI is InChI=1S/C15H19N3O3/c1-17-3-5-18(6-4-17)15(19)11-21-14-8-12(10-16)7-13(9-14)20-2/h7-9H,3-6,11H2,1-2H3. The normalized spacial score (nSPS) is 15.4. The van der Waals surface area contributed by atoms with E-state index in [0.29, 0.717) is 17.1 Å². The number of benzene rings is 1. The van der Waals surface area contributed by atoms with Crippen molar-refractivity contribution in [1.82, 2.24) is 9.80 Å². The van der Waals surface area contributed by atoms with Crippen molar-refractivity contribution in [3.63, 3.8) is 0 Å². The Morgan fingerprint density at radius 1 is 1.24 bits per heavy atom. The van der Waals surface area contributed by atoms with E-state index >= 15 is 0 Å². The number of ether oxygens (including phenoxy) is 2. The maximum Gasteiger partial charge on any atom is 0.260 e. The summed E-state index contributed by atoms with van der Waals surface area (Å²) in [6.07, 6.45) is 0. The Balaban J connectivity index is 1.93. The van der Waals surface area contributed by atoms with Gasteiger partial charge in [-0.05, 0) is 19.2 Å². The van der Waals surface area contributed by atoms with E-state index in [1.807, 2.05) is 13.1 Å². The van der Waals surface area contributed by atoms with E-state index in [1.165, 1.54) is 7.11 Å². The van der Waals surface area contributed by atoms with Gasteiger partial charge in [0.25, 0.3) is 5.91 Å². The van der Waals surface area contributed by atoms with Gasteiger partial charge in [-0.25, -0.2) is 0 Å². The van der Waals surface area contributed by atoms with Crippen LogP contribution in [0.5, 0.6) is 11.5 Å². The first kappa shape index (κ1) is 15.1. The second-order valence-corrected chi connectivity index (χ2v) is 4.98. The lowest BCUT2D eigenvalue weighted by Crippen LogP contribution is -2.48. The minimum Gasteiger partial charge on any atom is -0.497 e. The molecule has 0 N–H and O–H groups in total. The zero-order chi connectivity index (χ0) is 15.2. The van der Waals surface area contributed by atoms with E-state index in [4.69, 9.17) is 14.7 Å². The molecule has 0 unspecified atom stereocenters. The Bertz CT molecular complexity index is 546. The van der Waals surface area contributed by atoms with Crippen LogP contribution in [0.2, 0.25) is 0 Å². The van der Waals surface area contributed by atoms with Gasteiger partial charge in [0.1, 0.15) is 11.5 Å². The van der Waals surface area contributed by atoms with Gasteiger partial charge in [-0.2, -0.15) is 5.26 Å². The highest BCUT2D eigenvalue weighted by Crippen LogP contribution is 2.22. The van der Waals surface area contributed by atoms with Crippen LogP contribution in [-0.2, 0) is 4.79 Å². The molecule has 1 aliphatic rings. The van der Waals surface area contributed by atoms with Crippen molar-refractivity contribution in [1.29, 1.82) is 5.26 Å². The van der Waals surface area contributed by atoms with Crippen LogP contribution in [0, 0.1) is 11.3 Å². The van der Waals surface area contributed by atoms with Crippen LogP contribution in [0.3, 0.4) is 0 Å². The number of methoxy groups -OCH3 is 1. The molecule has 0 spiro atoms. The predicted octanol–water partition coefficient (Wildman–Crippen LogP) is 0.720. The molecule has 0 saturated carbocycles. The summed E-state index contributed by atoms with van der Waals surface area (Å²) in [6.45, 7) is 3.18. The van der Waals surface area contributed by atoms with Crippen molar-refractivity contribution in [2.45, 2.75) is 0 Å². The third-order valence-corrected chi connectivity index (χ3v) is 3.46. The molecule has 2 rings (SSSR count). The molecular formula is C15H19N3O3. The predicted molar refractivity (Wildman–Crippen MR) is 77.3 cm³/mol. The number of nitrogens with zero attached hydrogens (tertiary/aromatic N) is 3. The van der Waals surface area contributed by atoms with Crippen LogP contribution in [0.1, 0.15) is 5.56 Å². The van der Waals surface area contributed by atoms with E-state index in [9.17, 15) is 4.79 Å². The number of piperazine rings is 1. The van der Waals surface area contributed by atoms with Gasteiger partial charge >= 0.3 is 0 Å². The number of hydrogen-bond donors (Lipinski definition) is 0. The summed E-state index contributed by atoms with van der Waals surface area (Å²) in [6, 6.07) is 6.92. The fourth-order valence-electron chi connectivity index (χ4n) is 2.13. The number of carbonyl (C=O) groups excluding carboxylic acids is 1. The molecule has 0 radical (unpaired) electrons. The van der Waals surface area contributed by atoms with Gasteiger partial charge in [0.05, 0.1) is 18.7 Å². The van der Waals surface area contributed by atoms with Gasteiger partial charge in [0.15, 0.2) is 6.61 Å². The van der Waals surface area contributed by atoms with E-state index in [2.05, 4.69) is 4.90 Å². The number of nitriles is 1. The first-order valence-corrected chi connectivity index (χ1v) is 6.80. The summed E-state index contributed by atoms with van der Waals surface area (Å²) in [7, 11) is 3.56. The molecule has 0 bridgehead atoms. The van der Waals surface area contributed by atoms with Crippen molar-refractivity contribution >= 4 is 5.91 Å². The number of carbonyl (C=O) groups is 1. The van der Waals surface area contributed by atoms with E-state index in [-0.39, 0.29) is 12.5 Å². The molecule has 0 aliphatic carbocycles. The average molecular weight is 289 g/mol. The van der Waals surface area contributed by atoms with Crippen molar-refractivity contribution < 1.29 is 14.3 Å². The number of amides is 1. The minimum absolute atomic E-state index is 0.0260. The summed E-state index contributed by atoms with van der Waals surface area (Å²) in [5.74, 6) is 0.967. The molecule has 1 amide bonds. The number of rotatable bonds is 4. The SMILES string of the molecule is COc1cc(C#N)cc(OCC(=O)N2CCN(C)CC2)c1. The fourth-order valence-corrected chi connectivity index (χ4v) is 2.13. The Morgan fingerprint density at radius 3 is 2.52 bits per heavy atom. The molecule has 6 heteroatoms. The Labute approximate surface area is 124 Å². The van der Waals surface area contributed by atoms with Crippen LogP contribution in [0.25, 0.3) is 0 Å². The molecule has 1 saturated heterocycles. The van der Waals surface area contributed by atoms with E-state index < -0.39 is 0 Å². The minimum atomic E-state index is -0.0376. The molecule has 0 atom stereocenters. The zero-order valence-corrected chi connectivity index (χ0v) is 12.3. The Morgan fingerprint density at radius 2 is 1.90 bits per heavy atom. The smallest absolute Gasteiger partial charge is 0.260 e.